The zero-order chi connectivity index (χ0) is 20.0. The molecule has 146 valence electrons. The van der Waals surface area contributed by atoms with Crippen LogP contribution in [0, 0.1) is 0 Å². The van der Waals surface area contributed by atoms with Gasteiger partial charge in [0.05, 0.1) is 17.1 Å². The number of sulfonamides is 1. The Hall–Kier alpha value is -2.74. The molecule has 0 unspecified atom stereocenters. The highest BCUT2D eigenvalue weighted by Crippen LogP contribution is 2.22. The molecule has 0 amide bonds. The van der Waals surface area contributed by atoms with E-state index in [-0.39, 0.29) is 18.0 Å². The summed E-state index contributed by atoms with van der Waals surface area (Å²) < 4.78 is 28.1. The number of nitrogens with two attached hydrogens (primary N) is 1. The van der Waals surface area contributed by atoms with Crippen molar-refractivity contribution in [3.8, 4) is 0 Å². The number of hydrogen-bond donors (Lipinski definition) is 2. The van der Waals surface area contributed by atoms with Crippen molar-refractivity contribution in [2.24, 2.45) is 5.73 Å². The smallest absolute Gasteiger partial charge is 0.243 e. The van der Waals surface area contributed by atoms with Crippen molar-refractivity contribution in [1.29, 1.82) is 0 Å². The number of rotatable bonds is 8. The summed E-state index contributed by atoms with van der Waals surface area (Å²) in [4.78, 5) is 4.53. The average molecular weight is 397 g/mol. The zero-order valence-corrected chi connectivity index (χ0v) is 16.6. The molecule has 0 spiro atoms. The summed E-state index contributed by atoms with van der Waals surface area (Å²) in [7, 11) is -1.86. The molecule has 1 heterocycles. The third-order valence-corrected chi connectivity index (χ3v) is 6.27. The van der Waals surface area contributed by atoms with Gasteiger partial charge in [0.2, 0.25) is 10.0 Å². The van der Waals surface area contributed by atoms with Crippen LogP contribution in [0.25, 0.3) is 0 Å². The van der Waals surface area contributed by atoms with E-state index >= 15 is 0 Å². The molecule has 0 saturated carbocycles. The lowest BCUT2D eigenvalue weighted by Crippen LogP contribution is -2.30. The topological polar surface area (TPSA) is 88.3 Å². The zero-order valence-electron chi connectivity index (χ0n) is 15.7. The molecule has 6 nitrogen and oxygen atoms in total. The first kappa shape index (κ1) is 20.0. The number of nitrogens with one attached hydrogen (secondary N) is 1. The first-order valence-electron chi connectivity index (χ1n) is 8.98. The van der Waals surface area contributed by atoms with Gasteiger partial charge >= 0.3 is 0 Å². The lowest BCUT2D eigenvalue weighted by molar-refractivity contribution is 0.397. The number of aromatic nitrogens is 1. The third kappa shape index (κ3) is 4.75. The maximum absolute atomic E-state index is 13.3. The number of pyridine rings is 1. The van der Waals surface area contributed by atoms with Gasteiger partial charge in [-0.3, -0.25) is 4.98 Å². The number of benzene rings is 2. The minimum absolute atomic E-state index is 0.190. The molecule has 1 aromatic heterocycles. The van der Waals surface area contributed by atoms with Crippen LogP contribution < -0.4 is 11.1 Å². The molecule has 0 aliphatic carbocycles. The molecular weight excluding hydrogens is 372 g/mol. The maximum Gasteiger partial charge on any atom is 0.243 e. The Labute approximate surface area is 166 Å². The normalized spacial score (nSPS) is 11.5. The molecule has 0 aliphatic rings. The summed E-state index contributed by atoms with van der Waals surface area (Å²) in [5, 5.41) is 3.06. The summed E-state index contributed by atoms with van der Waals surface area (Å²) in [5.41, 5.74) is 9.07. The molecule has 7 heteroatoms. The molecule has 0 fully saturated rings. The van der Waals surface area contributed by atoms with Crippen molar-refractivity contribution in [2.75, 3.05) is 12.4 Å². The van der Waals surface area contributed by atoms with Crippen LogP contribution in [0.2, 0.25) is 0 Å². The van der Waals surface area contributed by atoms with E-state index in [4.69, 9.17) is 5.73 Å². The fourth-order valence-corrected chi connectivity index (χ4v) is 4.22. The van der Waals surface area contributed by atoms with Crippen LogP contribution in [0.15, 0.2) is 77.8 Å². The van der Waals surface area contributed by atoms with E-state index in [1.165, 1.54) is 4.31 Å². The molecule has 0 bridgehead atoms. The lowest BCUT2D eigenvalue weighted by atomic mass is 10.2. The van der Waals surface area contributed by atoms with Crippen LogP contribution in [-0.4, -0.2) is 24.8 Å². The number of hydrogen-bond acceptors (Lipinski definition) is 5. The highest BCUT2D eigenvalue weighted by molar-refractivity contribution is 7.89. The molecular formula is C21H24N4O2S. The van der Waals surface area contributed by atoms with Gasteiger partial charge in [0.25, 0.3) is 0 Å². The molecule has 3 N–H and O–H groups in total. The maximum atomic E-state index is 13.3. The van der Waals surface area contributed by atoms with Crippen LogP contribution in [0.1, 0.15) is 16.8 Å². The minimum atomic E-state index is -3.70. The van der Waals surface area contributed by atoms with Gasteiger partial charge in [-0.05, 0) is 47.5 Å². The van der Waals surface area contributed by atoms with Gasteiger partial charge in [-0.1, -0.05) is 30.3 Å². The predicted molar refractivity (Wildman–Crippen MR) is 111 cm³/mol. The largest absolute Gasteiger partial charge is 0.388 e. The second-order valence-corrected chi connectivity index (χ2v) is 8.33. The van der Waals surface area contributed by atoms with Crippen molar-refractivity contribution in [3.63, 3.8) is 0 Å². The molecule has 3 aromatic rings. The molecule has 3 rings (SSSR count). The predicted octanol–water partition coefficient (Wildman–Crippen LogP) is 2.97. The van der Waals surface area contributed by atoms with E-state index in [0.717, 1.165) is 16.8 Å². The molecule has 0 aliphatic heterocycles. The van der Waals surface area contributed by atoms with Crippen molar-refractivity contribution < 1.29 is 8.42 Å². The van der Waals surface area contributed by atoms with Gasteiger partial charge in [0.15, 0.2) is 0 Å². The highest BCUT2D eigenvalue weighted by atomic mass is 32.2. The number of nitrogens with zero attached hydrogens (tertiary/aromatic N) is 2. The van der Waals surface area contributed by atoms with E-state index in [2.05, 4.69) is 10.3 Å². The highest BCUT2D eigenvalue weighted by Gasteiger charge is 2.25. The van der Waals surface area contributed by atoms with Crippen molar-refractivity contribution in [1.82, 2.24) is 9.29 Å². The Balaban J connectivity index is 1.93. The fourth-order valence-electron chi connectivity index (χ4n) is 2.83. The van der Waals surface area contributed by atoms with Gasteiger partial charge < -0.3 is 11.1 Å². The first-order chi connectivity index (χ1) is 13.5. The van der Waals surface area contributed by atoms with Gasteiger partial charge in [0.1, 0.15) is 0 Å². The van der Waals surface area contributed by atoms with Gasteiger partial charge in [-0.15, -0.1) is 0 Å². The molecule has 0 radical (unpaired) electrons. The van der Waals surface area contributed by atoms with Crippen LogP contribution in [0.3, 0.4) is 0 Å². The van der Waals surface area contributed by atoms with Crippen LogP contribution in [0.4, 0.5) is 5.69 Å². The standard InChI is InChI=1S/C21H24N4O2S/c1-23-19-9-5-18(6-10-19)15-25(16-20-4-2-3-13-24-20)28(26,27)21-11-7-17(14-22)8-12-21/h2-13,23H,14-16,22H2,1H3. The third-order valence-electron chi connectivity index (χ3n) is 4.46. The SMILES string of the molecule is CNc1ccc(CN(Cc2ccccn2)S(=O)(=O)c2ccc(CN)cc2)cc1. The first-order valence-corrected chi connectivity index (χ1v) is 10.4. The Bertz CT molecular complexity index is 989. The fraction of sp³-hybridized carbons (Fsp3) is 0.190. The van der Waals surface area contributed by atoms with E-state index in [0.29, 0.717) is 12.2 Å². The van der Waals surface area contributed by atoms with Crippen LogP contribution >= 0.6 is 0 Å². The van der Waals surface area contributed by atoms with E-state index in [1.54, 1.807) is 30.5 Å². The second-order valence-electron chi connectivity index (χ2n) is 6.39. The Morgan fingerprint density at radius 3 is 2.18 bits per heavy atom. The molecule has 2 aromatic carbocycles. The average Bonchev–Trinajstić information content (AvgIpc) is 2.74. The Morgan fingerprint density at radius 1 is 0.929 bits per heavy atom. The van der Waals surface area contributed by atoms with E-state index in [1.807, 2.05) is 49.5 Å². The van der Waals surface area contributed by atoms with Crippen LogP contribution in [0.5, 0.6) is 0 Å². The van der Waals surface area contributed by atoms with Crippen LogP contribution in [-0.2, 0) is 29.7 Å². The summed E-state index contributed by atoms with van der Waals surface area (Å²) in [6.45, 7) is 0.812. The molecule has 28 heavy (non-hydrogen) atoms. The molecule has 0 saturated heterocycles. The minimum Gasteiger partial charge on any atom is -0.388 e. The van der Waals surface area contributed by atoms with Gasteiger partial charge in [-0.2, -0.15) is 4.31 Å². The molecule has 0 atom stereocenters. The summed E-state index contributed by atoms with van der Waals surface area (Å²) in [6.07, 6.45) is 1.66. The number of anilines is 1. The van der Waals surface area contributed by atoms with E-state index in [9.17, 15) is 8.42 Å². The lowest BCUT2D eigenvalue weighted by Gasteiger charge is -2.22. The summed E-state index contributed by atoms with van der Waals surface area (Å²) >= 11 is 0. The monoisotopic (exact) mass is 396 g/mol. The van der Waals surface area contributed by atoms with Gasteiger partial charge in [-0.25, -0.2) is 8.42 Å². The Kier molecular flexibility index (Phi) is 6.41. The van der Waals surface area contributed by atoms with Gasteiger partial charge in [0, 0.05) is 32.0 Å². The van der Waals surface area contributed by atoms with E-state index < -0.39 is 10.0 Å². The van der Waals surface area contributed by atoms with Crippen molar-refractivity contribution in [3.05, 3.63) is 89.7 Å². The summed E-state index contributed by atoms with van der Waals surface area (Å²) in [5.74, 6) is 0. The Morgan fingerprint density at radius 2 is 1.61 bits per heavy atom. The van der Waals surface area contributed by atoms with Crippen molar-refractivity contribution >= 4 is 15.7 Å². The summed E-state index contributed by atoms with van der Waals surface area (Å²) in [6, 6.07) is 19.9. The quantitative estimate of drug-likeness (QED) is 0.611. The second kappa shape index (κ2) is 8.97. The van der Waals surface area contributed by atoms with Crippen molar-refractivity contribution in [2.45, 2.75) is 24.5 Å².